The summed E-state index contributed by atoms with van der Waals surface area (Å²) in [5.74, 6) is 2.27. The van der Waals surface area contributed by atoms with Gasteiger partial charge in [-0.1, -0.05) is 13.0 Å². The highest BCUT2D eigenvalue weighted by atomic mass is 16.5. The van der Waals surface area contributed by atoms with Gasteiger partial charge in [0.15, 0.2) is 11.5 Å². The van der Waals surface area contributed by atoms with Gasteiger partial charge in [-0.2, -0.15) is 0 Å². The fourth-order valence-corrected chi connectivity index (χ4v) is 2.50. The summed E-state index contributed by atoms with van der Waals surface area (Å²) in [6.45, 7) is 4.81. The Morgan fingerprint density at radius 1 is 1.10 bits per heavy atom. The zero-order valence-corrected chi connectivity index (χ0v) is 12.4. The Kier molecular flexibility index (Phi) is 4.46. The van der Waals surface area contributed by atoms with Crippen LogP contribution in [-0.2, 0) is 6.42 Å². The zero-order valence-electron chi connectivity index (χ0n) is 12.4. The Bertz CT molecular complexity index is 443. The maximum absolute atomic E-state index is 5.83. The maximum atomic E-state index is 5.83. The maximum Gasteiger partial charge on any atom is 0.161 e. The van der Waals surface area contributed by atoms with Crippen molar-refractivity contribution < 1.29 is 9.47 Å². The van der Waals surface area contributed by atoms with E-state index in [2.05, 4.69) is 30.4 Å². The molecule has 1 aromatic carbocycles. The average molecular weight is 275 g/mol. The molecule has 0 amide bonds. The minimum Gasteiger partial charge on any atom is -0.489 e. The molecule has 1 heterocycles. The summed E-state index contributed by atoms with van der Waals surface area (Å²) < 4.78 is 11.6. The van der Waals surface area contributed by atoms with Crippen LogP contribution >= 0.6 is 0 Å². The van der Waals surface area contributed by atoms with Gasteiger partial charge in [0, 0.05) is 12.0 Å². The molecule has 3 rings (SSSR count). The van der Waals surface area contributed by atoms with E-state index in [4.69, 9.17) is 9.47 Å². The summed E-state index contributed by atoms with van der Waals surface area (Å²) in [5.41, 5.74) is 1.35. The van der Waals surface area contributed by atoms with E-state index in [1.54, 1.807) is 0 Å². The predicted molar refractivity (Wildman–Crippen MR) is 80.6 cm³/mol. The summed E-state index contributed by atoms with van der Waals surface area (Å²) in [4.78, 5) is 0. The van der Waals surface area contributed by atoms with Crippen molar-refractivity contribution in [3.05, 3.63) is 23.8 Å². The third-order valence-corrected chi connectivity index (χ3v) is 3.96. The summed E-state index contributed by atoms with van der Waals surface area (Å²) in [7, 11) is 0. The molecule has 0 spiro atoms. The van der Waals surface area contributed by atoms with Crippen LogP contribution in [0.2, 0.25) is 0 Å². The summed E-state index contributed by atoms with van der Waals surface area (Å²) in [6, 6.07) is 7.22. The van der Waals surface area contributed by atoms with Crippen molar-refractivity contribution in [2.45, 2.75) is 45.1 Å². The second-order valence-electron chi connectivity index (χ2n) is 6.19. The van der Waals surface area contributed by atoms with Gasteiger partial charge in [-0.15, -0.1) is 0 Å². The number of fused-ring (bicyclic) bond motifs is 1. The third-order valence-electron chi connectivity index (χ3n) is 3.96. The molecule has 1 aliphatic carbocycles. The van der Waals surface area contributed by atoms with Gasteiger partial charge in [0.1, 0.15) is 0 Å². The Labute approximate surface area is 121 Å². The molecule has 2 aliphatic rings. The largest absolute Gasteiger partial charge is 0.489 e. The first-order valence-electron chi connectivity index (χ1n) is 7.93. The normalized spacial score (nSPS) is 21.6. The van der Waals surface area contributed by atoms with E-state index in [1.165, 1.54) is 31.2 Å². The SMILES string of the molecule is CC1COc2ccc(CCCCNC3CC3)cc2OC1. The van der Waals surface area contributed by atoms with E-state index < -0.39 is 0 Å². The van der Waals surface area contributed by atoms with Crippen molar-refractivity contribution in [1.82, 2.24) is 5.32 Å². The lowest BCUT2D eigenvalue weighted by Crippen LogP contribution is -2.17. The first kappa shape index (κ1) is 13.7. The van der Waals surface area contributed by atoms with E-state index in [9.17, 15) is 0 Å². The molecule has 0 bridgehead atoms. The zero-order chi connectivity index (χ0) is 13.8. The van der Waals surface area contributed by atoms with Crippen LogP contribution in [0.15, 0.2) is 18.2 Å². The fraction of sp³-hybridized carbons (Fsp3) is 0.647. The highest BCUT2D eigenvalue weighted by molar-refractivity contribution is 5.43. The molecule has 3 heteroatoms. The van der Waals surface area contributed by atoms with Crippen LogP contribution < -0.4 is 14.8 Å². The van der Waals surface area contributed by atoms with Crippen molar-refractivity contribution in [2.75, 3.05) is 19.8 Å². The van der Waals surface area contributed by atoms with Gasteiger partial charge < -0.3 is 14.8 Å². The second-order valence-corrected chi connectivity index (χ2v) is 6.19. The molecule has 1 fully saturated rings. The van der Waals surface area contributed by atoms with Crippen LogP contribution in [0.3, 0.4) is 0 Å². The van der Waals surface area contributed by atoms with Crippen LogP contribution in [-0.4, -0.2) is 25.8 Å². The number of rotatable bonds is 6. The lowest BCUT2D eigenvalue weighted by Gasteiger charge is -2.09. The monoisotopic (exact) mass is 275 g/mol. The number of hydrogen-bond acceptors (Lipinski definition) is 3. The Morgan fingerprint density at radius 2 is 1.90 bits per heavy atom. The Hall–Kier alpha value is -1.22. The molecule has 3 nitrogen and oxygen atoms in total. The third kappa shape index (κ3) is 3.89. The molecule has 1 unspecified atom stereocenters. The van der Waals surface area contributed by atoms with Gasteiger partial charge in [-0.3, -0.25) is 0 Å². The molecule has 1 N–H and O–H groups in total. The highest BCUT2D eigenvalue weighted by Gasteiger charge is 2.19. The molecule has 1 aromatic rings. The van der Waals surface area contributed by atoms with E-state index in [0.717, 1.165) is 43.7 Å². The van der Waals surface area contributed by atoms with Crippen LogP contribution in [0.25, 0.3) is 0 Å². The predicted octanol–water partition coefficient (Wildman–Crippen LogP) is 3.17. The number of ether oxygens (including phenoxy) is 2. The van der Waals surface area contributed by atoms with Crippen molar-refractivity contribution in [3.63, 3.8) is 0 Å². The van der Waals surface area contributed by atoms with Crippen LogP contribution in [0.1, 0.15) is 38.2 Å². The molecule has 20 heavy (non-hydrogen) atoms. The van der Waals surface area contributed by atoms with Gasteiger partial charge >= 0.3 is 0 Å². The van der Waals surface area contributed by atoms with Gasteiger partial charge in [0.05, 0.1) is 13.2 Å². The summed E-state index contributed by atoms with van der Waals surface area (Å²) in [5, 5.41) is 3.56. The van der Waals surface area contributed by atoms with Gasteiger partial charge in [-0.25, -0.2) is 0 Å². The van der Waals surface area contributed by atoms with Crippen LogP contribution in [0.4, 0.5) is 0 Å². The molecule has 0 saturated heterocycles. The molecule has 1 atom stereocenters. The van der Waals surface area contributed by atoms with E-state index in [0.29, 0.717) is 5.92 Å². The van der Waals surface area contributed by atoms with Crippen LogP contribution in [0.5, 0.6) is 11.5 Å². The number of unbranched alkanes of at least 4 members (excludes halogenated alkanes) is 1. The number of benzene rings is 1. The van der Waals surface area contributed by atoms with Gasteiger partial charge in [0.2, 0.25) is 0 Å². The van der Waals surface area contributed by atoms with Gasteiger partial charge in [-0.05, 0) is 56.3 Å². The van der Waals surface area contributed by atoms with E-state index >= 15 is 0 Å². The second kappa shape index (κ2) is 6.49. The molecular formula is C17H25NO2. The summed E-state index contributed by atoms with van der Waals surface area (Å²) in [6.07, 6.45) is 6.36. The number of nitrogens with one attached hydrogen (secondary N) is 1. The first-order chi connectivity index (χ1) is 9.81. The molecule has 1 saturated carbocycles. The Morgan fingerprint density at radius 3 is 2.70 bits per heavy atom. The van der Waals surface area contributed by atoms with Crippen molar-refractivity contribution in [1.29, 1.82) is 0 Å². The molecule has 110 valence electrons. The van der Waals surface area contributed by atoms with Crippen molar-refractivity contribution >= 4 is 0 Å². The fourth-order valence-electron chi connectivity index (χ4n) is 2.50. The lowest BCUT2D eigenvalue weighted by atomic mass is 10.1. The van der Waals surface area contributed by atoms with Crippen molar-refractivity contribution in [2.24, 2.45) is 5.92 Å². The van der Waals surface area contributed by atoms with Gasteiger partial charge in [0.25, 0.3) is 0 Å². The van der Waals surface area contributed by atoms with Crippen molar-refractivity contribution in [3.8, 4) is 11.5 Å². The van der Waals surface area contributed by atoms with E-state index in [-0.39, 0.29) is 0 Å². The standard InChI is InChI=1S/C17H25NO2/c1-13-11-19-16-8-5-14(10-17(16)20-12-13)4-2-3-9-18-15-6-7-15/h5,8,10,13,15,18H,2-4,6-7,9,11-12H2,1H3. The molecular weight excluding hydrogens is 250 g/mol. The summed E-state index contributed by atoms with van der Waals surface area (Å²) >= 11 is 0. The minimum atomic E-state index is 0.458. The average Bonchev–Trinajstić information content (AvgIpc) is 3.28. The molecule has 1 aliphatic heterocycles. The topological polar surface area (TPSA) is 30.5 Å². The molecule has 0 radical (unpaired) electrons. The lowest BCUT2D eigenvalue weighted by molar-refractivity contribution is 0.228. The highest BCUT2D eigenvalue weighted by Crippen LogP contribution is 2.31. The first-order valence-corrected chi connectivity index (χ1v) is 7.93. The van der Waals surface area contributed by atoms with Crippen LogP contribution in [0, 0.1) is 5.92 Å². The smallest absolute Gasteiger partial charge is 0.161 e. The Balaban J connectivity index is 1.47. The number of hydrogen-bond donors (Lipinski definition) is 1. The quantitative estimate of drug-likeness (QED) is 0.809. The molecule has 0 aromatic heterocycles. The van der Waals surface area contributed by atoms with E-state index in [1.807, 2.05) is 0 Å². The number of aryl methyl sites for hydroxylation is 1. The minimum absolute atomic E-state index is 0.458.